The van der Waals surface area contributed by atoms with E-state index < -0.39 is 37.3 Å². The lowest BCUT2D eigenvalue weighted by atomic mass is 9.99. The summed E-state index contributed by atoms with van der Waals surface area (Å²) in [5.74, 6) is 0.267. The van der Waals surface area contributed by atoms with E-state index in [1.54, 1.807) is 12.1 Å². The van der Waals surface area contributed by atoms with Gasteiger partial charge in [0.25, 0.3) is 0 Å². The van der Waals surface area contributed by atoms with E-state index in [1.165, 1.54) is 6.07 Å². The van der Waals surface area contributed by atoms with Gasteiger partial charge >= 0.3 is 5.63 Å². The molecule has 26 heavy (non-hydrogen) atoms. The fourth-order valence-corrected chi connectivity index (χ4v) is 3.64. The van der Waals surface area contributed by atoms with Gasteiger partial charge in [0.1, 0.15) is 35.7 Å². The van der Waals surface area contributed by atoms with Crippen LogP contribution in [-0.4, -0.2) is 57.7 Å². The van der Waals surface area contributed by atoms with Crippen LogP contribution >= 0.6 is 0 Å². The largest absolute Gasteiger partial charge is 0.462 e. The van der Waals surface area contributed by atoms with Gasteiger partial charge in [-0.15, -0.1) is 0 Å². The van der Waals surface area contributed by atoms with Crippen molar-refractivity contribution < 1.29 is 34.3 Å². The second-order valence-electron chi connectivity index (χ2n) is 6.67. The smallest absolute Gasteiger partial charge is 0.339 e. The molecule has 0 spiro atoms. The highest BCUT2D eigenvalue weighted by Gasteiger charge is 2.44. The molecular weight excluding hydrogens is 344 g/mol. The van der Waals surface area contributed by atoms with Gasteiger partial charge in [-0.2, -0.15) is 0 Å². The summed E-state index contributed by atoms with van der Waals surface area (Å²) in [4.78, 5) is 12.1. The Labute approximate surface area is 148 Å². The minimum absolute atomic E-state index is 0.267. The van der Waals surface area contributed by atoms with E-state index in [1.807, 2.05) is 0 Å². The zero-order valence-electron chi connectivity index (χ0n) is 13.9. The molecule has 1 fully saturated rings. The normalized spacial score (nSPS) is 31.2. The third-order valence-corrected chi connectivity index (χ3v) is 5.05. The summed E-state index contributed by atoms with van der Waals surface area (Å²) < 4.78 is 16.3. The van der Waals surface area contributed by atoms with E-state index in [-0.39, 0.29) is 11.4 Å². The molecule has 2 aromatic rings. The second kappa shape index (κ2) is 6.64. The van der Waals surface area contributed by atoms with Gasteiger partial charge in [0.05, 0.1) is 6.61 Å². The molecule has 140 valence electrons. The average Bonchev–Trinajstić information content (AvgIpc) is 3.13. The van der Waals surface area contributed by atoms with Crippen LogP contribution in [0.1, 0.15) is 17.5 Å². The van der Waals surface area contributed by atoms with Crippen LogP contribution in [0.5, 0.6) is 5.75 Å². The van der Waals surface area contributed by atoms with Gasteiger partial charge < -0.3 is 34.3 Å². The van der Waals surface area contributed by atoms with Crippen molar-refractivity contribution in [2.45, 2.75) is 50.0 Å². The number of aliphatic hydroxyl groups is 4. The van der Waals surface area contributed by atoms with Crippen LogP contribution in [0.4, 0.5) is 0 Å². The van der Waals surface area contributed by atoms with Gasteiger partial charge in [0.2, 0.25) is 6.29 Å². The number of hydrogen-bond acceptors (Lipinski definition) is 8. The predicted molar refractivity (Wildman–Crippen MR) is 88.9 cm³/mol. The van der Waals surface area contributed by atoms with Crippen LogP contribution in [0, 0.1) is 0 Å². The number of hydrogen-bond donors (Lipinski definition) is 4. The van der Waals surface area contributed by atoms with Crippen molar-refractivity contribution in [2.24, 2.45) is 0 Å². The first-order valence-electron chi connectivity index (χ1n) is 8.55. The number of aryl methyl sites for hydroxylation is 1. The molecule has 5 atom stereocenters. The fourth-order valence-electron chi connectivity index (χ4n) is 3.64. The molecule has 2 aliphatic rings. The molecule has 8 heteroatoms. The maximum absolute atomic E-state index is 12.1. The standard InChI is InChI=1S/C18H20O8/c19-7-13-14(20)15(21)16(22)18(26-13)24-8-4-5-10-9-2-1-3-11(9)17(23)25-12(10)6-8/h4-6,13-16,18-22H,1-3,7H2/t13-,14+,15+,16-,18+/m1/s1. The number of fused-ring (bicyclic) bond motifs is 3. The summed E-state index contributed by atoms with van der Waals surface area (Å²) in [6.07, 6.45) is -4.36. The van der Waals surface area contributed by atoms with Gasteiger partial charge in [0.15, 0.2) is 0 Å². The van der Waals surface area contributed by atoms with Crippen molar-refractivity contribution in [2.75, 3.05) is 6.61 Å². The third-order valence-electron chi connectivity index (χ3n) is 5.05. The molecule has 1 saturated heterocycles. The predicted octanol–water partition coefficient (Wildman–Crippen LogP) is -0.540. The Morgan fingerprint density at radius 2 is 1.85 bits per heavy atom. The molecule has 1 aliphatic carbocycles. The molecule has 1 aliphatic heterocycles. The highest BCUT2D eigenvalue weighted by molar-refractivity contribution is 5.83. The summed E-state index contributed by atoms with van der Waals surface area (Å²) in [5.41, 5.74) is 1.74. The molecule has 0 bridgehead atoms. The average molecular weight is 364 g/mol. The fraction of sp³-hybridized carbons (Fsp3) is 0.500. The van der Waals surface area contributed by atoms with E-state index in [2.05, 4.69) is 0 Å². The van der Waals surface area contributed by atoms with Crippen molar-refractivity contribution in [1.29, 1.82) is 0 Å². The van der Waals surface area contributed by atoms with E-state index in [0.717, 1.165) is 35.8 Å². The molecule has 1 aromatic carbocycles. The number of aliphatic hydroxyl groups excluding tert-OH is 4. The number of ether oxygens (including phenoxy) is 2. The molecule has 2 heterocycles. The zero-order valence-corrected chi connectivity index (χ0v) is 13.9. The molecule has 4 rings (SSSR count). The summed E-state index contributed by atoms with van der Waals surface area (Å²) in [6, 6.07) is 4.96. The van der Waals surface area contributed by atoms with E-state index >= 15 is 0 Å². The van der Waals surface area contributed by atoms with Crippen LogP contribution in [0.2, 0.25) is 0 Å². The van der Waals surface area contributed by atoms with Gasteiger partial charge in [-0.25, -0.2) is 4.79 Å². The molecule has 0 amide bonds. The van der Waals surface area contributed by atoms with E-state index in [0.29, 0.717) is 5.58 Å². The van der Waals surface area contributed by atoms with Crippen molar-refractivity contribution in [3.05, 3.63) is 39.7 Å². The summed E-state index contributed by atoms with van der Waals surface area (Å²) in [6.45, 7) is -0.538. The van der Waals surface area contributed by atoms with Gasteiger partial charge in [0, 0.05) is 17.0 Å². The molecular formula is C18H20O8. The van der Waals surface area contributed by atoms with Crippen molar-refractivity contribution >= 4 is 11.0 Å². The maximum Gasteiger partial charge on any atom is 0.339 e. The zero-order chi connectivity index (χ0) is 18.4. The van der Waals surface area contributed by atoms with Crippen molar-refractivity contribution in [1.82, 2.24) is 0 Å². The second-order valence-corrected chi connectivity index (χ2v) is 6.67. The summed E-state index contributed by atoms with van der Waals surface area (Å²) in [5, 5.41) is 39.8. The van der Waals surface area contributed by atoms with Crippen LogP contribution in [0.15, 0.2) is 27.4 Å². The van der Waals surface area contributed by atoms with E-state index in [4.69, 9.17) is 13.9 Å². The minimum atomic E-state index is -1.52. The molecule has 8 nitrogen and oxygen atoms in total. The molecule has 1 aromatic heterocycles. The van der Waals surface area contributed by atoms with Crippen LogP contribution < -0.4 is 10.4 Å². The number of rotatable bonds is 3. The lowest BCUT2D eigenvalue weighted by Gasteiger charge is -2.39. The van der Waals surface area contributed by atoms with Crippen LogP contribution in [-0.2, 0) is 17.6 Å². The number of benzene rings is 1. The molecule has 4 N–H and O–H groups in total. The van der Waals surface area contributed by atoms with E-state index in [9.17, 15) is 25.2 Å². The Bertz CT molecular complexity index is 873. The first-order chi connectivity index (χ1) is 12.5. The molecule has 0 unspecified atom stereocenters. The summed E-state index contributed by atoms with van der Waals surface area (Å²) >= 11 is 0. The topological polar surface area (TPSA) is 130 Å². The monoisotopic (exact) mass is 364 g/mol. The van der Waals surface area contributed by atoms with Gasteiger partial charge in [-0.3, -0.25) is 0 Å². The lowest BCUT2D eigenvalue weighted by molar-refractivity contribution is -0.277. The van der Waals surface area contributed by atoms with Crippen molar-refractivity contribution in [3.63, 3.8) is 0 Å². The SMILES string of the molecule is O=c1oc2cc(O[C@H]3O[C@H](CO)[C@H](O)[C@H](O)[C@H]3O)ccc2c2c1CCC2. The molecule has 0 radical (unpaired) electrons. The van der Waals surface area contributed by atoms with Crippen LogP contribution in [0.25, 0.3) is 11.0 Å². The van der Waals surface area contributed by atoms with Crippen LogP contribution in [0.3, 0.4) is 0 Å². The first-order valence-corrected chi connectivity index (χ1v) is 8.55. The third kappa shape index (κ3) is 2.80. The van der Waals surface area contributed by atoms with Crippen molar-refractivity contribution in [3.8, 4) is 5.75 Å². The Morgan fingerprint density at radius 3 is 2.62 bits per heavy atom. The van der Waals surface area contributed by atoms with Gasteiger partial charge in [-0.05, 0) is 37.0 Å². The Morgan fingerprint density at radius 1 is 1.08 bits per heavy atom. The Balaban J connectivity index is 1.63. The minimum Gasteiger partial charge on any atom is -0.462 e. The molecule has 0 saturated carbocycles. The summed E-state index contributed by atoms with van der Waals surface area (Å²) in [7, 11) is 0. The Kier molecular flexibility index (Phi) is 4.45. The highest BCUT2D eigenvalue weighted by atomic mass is 16.7. The Hall–Kier alpha value is -1.97. The highest BCUT2D eigenvalue weighted by Crippen LogP contribution is 2.31. The first kappa shape index (κ1) is 17.4. The van der Waals surface area contributed by atoms with Gasteiger partial charge in [-0.1, -0.05) is 0 Å². The maximum atomic E-state index is 12.1. The quantitative estimate of drug-likeness (QED) is 0.535. The lowest BCUT2D eigenvalue weighted by Crippen LogP contribution is -2.60.